The van der Waals surface area contributed by atoms with Crippen LogP contribution in [0.5, 0.6) is 0 Å². The molecule has 0 aliphatic carbocycles. The fourth-order valence-corrected chi connectivity index (χ4v) is 2.30. The number of rotatable bonds is 3. The first kappa shape index (κ1) is 14.5. The van der Waals surface area contributed by atoms with Crippen molar-refractivity contribution in [1.29, 1.82) is 0 Å². The number of benzene rings is 2. The molecule has 2 nitrogen and oxygen atoms in total. The molecule has 2 rings (SSSR count). The van der Waals surface area contributed by atoms with Gasteiger partial charge in [0.15, 0.2) is 5.11 Å². The van der Waals surface area contributed by atoms with Crippen LogP contribution in [0.15, 0.2) is 48.5 Å². The van der Waals surface area contributed by atoms with E-state index in [2.05, 4.69) is 49.6 Å². The molecule has 0 aromatic heterocycles. The van der Waals surface area contributed by atoms with E-state index in [4.69, 9.17) is 12.2 Å². The SMILES string of the molecule is Cc1ccc(C(C)NC(=S)Nc2ccccc2)cc1C. The van der Waals surface area contributed by atoms with E-state index in [1.54, 1.807) is 0 Å². The summed E-state index contributed by atoms with van der Waals surface area (Å²) in [4.78, 5) is 0. The van der Waals surface area contributed by atoms with Gasteiger partial charge in [0.2, 0.25) is 0 Å². The van der Waals surface area contributed by atoms with E-state index < -0.39 is 0 Å². The zero-order valence-corrected chi connectivity index (χ0v) is 12.9. The number of nitrogens with one attached hydrogen (secondary N) is 2. The quantitative estimate of drug-likeness (QED) is 0.819. The highest BCUT2D eigenvalue weighted by Crippen LogP contribution is 2.17. The van der Waals surface area contributed by atoms with Gasteiger partial charge in [0.1, 0.15) is 0 Å². The summed E-state index contributed by atoms with van der Waals surface area (Å²) in [5, 5.41) is 7.14. The lowest BCUT2D eigenvalue weighted by molar-refractivity contribution is 0.721. The van der Waals surface area contributed by atoms with Crippen molar-refractivity contribution >= 4 is 23.0 Å². The third-order valence-electron chi connectivity index (χ3n) is 3.41. The second kappa shape index (κ2) is 6.53. The van der Waals surface area contributed by atoms with Crippen LogP contribution in [0.25, 0.3) is 0 Å². The van der Waals surface area contributed by atoms with Crippen LogP contribution in [0.2, 0.25) is 0 Å². The summed E-state index contributed by atoms with van der Waals surface area (Å²) in [7, 11) is 0. The molecule has 20 heavy (non-hydrogen) atoms. The molecule has 0 fully saturated rings. The van der Waals surface area contributed by atoms with Gasteiger partial charge in [-0.15, -0.1) is 0 Å². The molecular weight excluding hydrogens is 264 g/mol. The van der Waals surface area contributed by atoms with E-state index in [1.165, 1.54) is 16.7 Å². The van der Waals surface area contributed by atoms with Gasteiger partial charge in [-0.2, -0.15) is 0 Å². The van der Waals surface area contributed by atoms with Crippen molar-refractivity contribution in [1.82, 2.24) is 5.32 Å². The second-order valence-corrected chi connectivity index (χ2v) is 5.44. The summed E-state index contributed by atoms with van der Waals surface area (Å²) in [6.45, 7) is 6.37. The topological polar surface area (TPSA) is 24.1 Å². The molecule has 0 saturated heterocycles. The van der Waals surface area contributed by atoms with Crippen molar-refractivity contribution in [3.63, 3.8) is 0 Å². The predicted octanol–water partition coefficient (Wildman–Crippen LogP) is 4.35. The zero-order chi connectivity index (χ0) is 14.5. The van der Waals surface area contributed by atoms with Gasteiger partial charge in [0.05, 0.1) is 6.04 Å². The number of para-hydroxylation sites is 1. The minimum absolute atomic E-state index is 0.179. The van der Waals surface area contributed by atoms with Crippen molar-refractivity contribution < 1.29 is 0 Å². The molecule has 0 radical (unpaired) electrons. The zero-order valence-electron chi connectivity index (χ0n) is 12.1. The normalized spacial score (nSPS) is 11.8. The summed E-state index contributed by atoms with van der Waals surface area (Å²) in [6.07, 6.45) is 0. The van der Waals surface area contributed by atoms with Gasteiger partial charge in [-0.3, -0.25) is 0 Å². The van der Waals surface area contributed by atoms with Crippen LogP contribution in [0.1, 0.15) is 29.7 Å². The monoisotopic (exact) mass is 284 g/mol. The first-order valence-corrected chi connectivity index (χ1v) is 7.17. The minimum Gasteiger partial charge on any atom is -0.356 e. The van der Waals surface area contributed by atoms with Crippen LogP contribution >= 0.6 is 12.2 Å². The van der Waals surface area contributed by atoms with Gasteiger partial charge in [-0.25, -0.2) is 0 Å². The Morgan fingerprint density at radius 3 is 2.35 bits per heavy atom. The molecule has 1 atom stereocenters. The molecule has 0 aliphatic rings. The van der Waals surface area contributed by atoms with Crippen LogP contribution in [0.4, 0.5) is 5.69 Å². The fraction of sp³-hybridized carbons (Fsp3) is 0.235. The Bertz CT molecular complexity index is 593. The smallest absolute Gasteiger partial charge is 0.171 e. The Hall–Kier alpha value is -1.87. The number of hydrogen-bond donors (Lipinski definition) is 2. The van der Waals surface area contributed by atoms with Crippen molar-refractivity contribution in [2.24, 2.45) is 0 Å². The van der Waals surface area contributed by atoms with Crippen molar-refractivity contribution in [2.75, 3.05) is 5.32 Å². The average Bonchev–Trinajstić information content (AvgIpc) is 2.42. The fourth-order valence-electron chi connectivity index (χ4n) is 2.00. The predicted molar refractivity (Wildman–Crippen MR) is 90.1 cm³/mol. The third kappa shape index (κ3) is 3.81. The van der Waals surface area contributed by atoms with Gasteiger partial charge >= 0.3 is 0 Å². The highest BCUT2D eigenvalue weighted by Gasteiger charge is 2.08. The molecule has 0 spiro atoms. The van der Waals surface area contributed by atoms with E-state index in [9.17, 15) is 0 Å². The van der Waals surface area contributed by atoms with Gasteiger partial charge in [0.25, 0.3) is 0 Å². The summed E-state index contributed by atoms with van der Waals surface area (Å²) in [5.41, 5.74) is 4.85. The van der Waals surface area contributed by atoms with Crippen molar-refractivity contribution in [3.05, 3.63) is 65.2 Å². The molecule has 3 heteroatoms. The Balaban J connectivity index is 1.98. The summed E-state index contributed by atoms with van der Waals surface area (Å²) < 4.78 is 0. The standard InChI is InChI=1S/C17H20N2S/c1-12-9-10-15(11-13(12)2)14(3)18-17(20)19-16-7-5-4-6-8-16/h4-11,14H,1-3H3,(H2,18,19,20). The summed E-state index contributed by atoms with van der Waals surface area (Å²) in [5.74, 6) is 0. The van der Waals surface area contributed by atoms with Crippen LogP contribution in [0.3, 0.4) is 0 Å². The van der Waals surface area contributed by atoms with Gasteiger partial charge in [0, 0.05) is 5.69 Å². The lowest BCUT2D eigenvalue weighted by Crippen LogP contribution is -2.30. The van der Waals surface area contributed by atoms with Crippen molar-refractivity contribution in [3.8, 4) is 0 Å². The van der Waals surface area contributed by atoms with Crippen molar-refractivity contribution in [2.45, 2.75) is 26.8 Å². The van der Waals surface area contributed by atoms with Crippen LogP contribution in [-0.2, 0) is 0 Å². The molecule has 0 heterocycles. The number of hydrogen-bond acceptors (Lipinski definition) is 1. The molecular formula is C17H20N2S. The molecule has 0 amide bonds. The number of aryl methyl sites for hydroxylation is 2. The first-order chi connectivity index (χ1) is 9.56. The van der Waals surface area contributed by atoms with Crippen LogP contribution in [-0.4, -0.2) is 5.11 Å². The largest absolute Gasteiger partial charge is 0.356 e. The van der Waals surface area contributed by atoms with E-state index in [0.717, 1.165) is 5.69 Å². The molecule has 2 N–H and O–H groups in total. The number of thiocarbonyl (C=S) groups is 1. The summed E-state index contributed by atoms with van der Waals surface area (Å²) in [6, 6.07) is 16.6. The molecule has 2 aromatic carbocycles. The molecule has 104 valence electrons. The first-order valence-electron chi connectivity index (χ1n) is 6.76. The van der Waals surface area contributed by atoms with E-state index in [1.807, 2.05) is 30.3 Å². The second-order valence-electron chi connectivity index (χ2n) is 5.03. The Morgan fingerprint density at radius 2 is 1.70 bits per heavy atom. The van der Waals surface area contributed by atoms with Gasteiger partial charge in [-0.1, -0.05) is 36.4 Å². The third-order valence-corrected chi connectivity index (χ3v) is 3.63. The Labute approximate surface area is 126 Å². The van der Waals surface area contributed by atoms with Gasteiger partial charge in [-0.05, 0) is 61.8 Å². The Morgan fingerprint density at radius 1 is 1.00 bits per heavy atom. The molecule has 2 aromatic rings. The molecule has 0 saturated carbocycles. The maximum atomic E-state index is 5.35. The molecule has 0 aliphatic heterocycles. The summed E-state index contributed by atoms with van der Waals surface area (Å²) >= 11 is 5.35. The van der Waals surface area contributed by atoms with E-state index in [-0.39, 0.29) is 6.04 Å². The maximum Gasteiger partial charge on any atom is 0.171 e. The average molecular weight is 284 g/mol. The highest BCUT2D eigenvalue weighted by atomic mass is 32.1. The molecule has 0 bridgehead atoms. The maximum absolute atomic E-state index is 5.35. The van der Waals surface area contributed by atoms with E-state index >= 15 is 0 Å². The number of anilines is 1. The highest BCUT2D eigenvalue weighted by molar-refractivity contribution is 7.80. The van der Waals surface area contributed by atoms with Crippen LogP contribution in [0, 0.1) is 13.8 Å². The lowest BCUT2D eigenvalue weighted by Gasteiger charge is -2.18. The lowest BCUT2D eigenvalue weighted by atomic mass is 10.0. The van der Waals surface area contributed by atoms with Crippen LogP contribution < -0.4 is 10.6 Å². The Kier molecular flexibility index (Phi) is 4.74. The minimum atomic E-state index is 0.179. The van der Waals surface area contributed by atoms with Gasteiger partial charge < -0.3 is 10.6 Å². The molecule has 1 unspecified atom stereocenters. The van der Waals surface area contributed by atoms with E-state index in [0.29, 0.717) is 5.11 Å².